The van der Waals surface area contributed by atoms with Gasteiger partial charge in [-0.05, 0) is 31.8 Å². The normalized spacial score (nSPS) is 13.2. The number of likely N-dealkylation sites (N-methyl/N-ethyl adjacent to an activating group) is 1. The molecule has 0 saturated carbocycles. The monoisotopic (exact) mass is 264 g/mol. The van der Waals surface area contributed by atoms with Gasteiger partial charge in [0.05, 0.1) is 0 Å². The third kappa shape index (κ3) is 3.96. The summed E-state index contributed by atoms with van der Waals surface area (Å²) in [7, 11) is 5.82. The number of hydrogen-bond donors (Lipinski definition) is 0. The van der Waals surface area contributed by atoms with Gasteiger partial charge in [0.1, 0.15) is 12.4 Å². The van der Waals surface area contributed by atoms with Crippen molar-refractivity contribution in [2.75, 3.05) is 34.3 Å². The van der Waals surface area contributed by atoms with Crippen molar-refractivity contribution >= 4 is 5.91 Å². The van der Waals surface area contributed by atoms with E-state index in [9.17, 15) is 4.79 Å². The molecule has 0 aliphatic carbocycles. The fourth-order valence-corrected chi connectivity index (χ4v) is 1.86. The number of fused-ring (bicyclic) bond motifs is 1. The maximum absolute atomic E-state index is 11.8. The van der Waals surface area contributed by atoms with E-state index in [0.717, 1.165) is 23.4 Å². The van der Waals surface area contributed by atoms with Gasteiger partial charge in [-0.2, -0.15) is 0 Å². The third-order valence-electron chi connectivity index (χ3n) is 2.87. The molecule has 4 nitrogen and oxygen atoms in total. The summed E-state index contributed by atoms with van der Waals surface area (Å²) in [5, 5.41) is 0. The van der Waals surface area contributed by atoms with Crippen LogP contribution in [0.1, 0.15) is 29.8 Å². The Bertz CT molecular complexity index is 430. The lowest BCUT2D eigenvalue weighted by Gasteiger charge is -2.11. The van der Waals surface area contributed by atoms with E-state index in [-0.39, 0.29) is 5.91 Å². The first-order chi connectivity index (χ1) is 9.08. The average molecular weight is 264 g/mol. The summed E-state index contributed by atoms with van der Waals surface area (Å²) in [6.07, 6.45) is 0. The molecule has 0 bridgehead atoms. The van der Waals surface area contributed by atoms with Gasteiger partial charge in [-0.25, -0.2) is 0 Å². The summed E-state index contributed by atoms with van der Waals surface area (Å²) in [6, 6.07) is 5.75. The molecule has 0 radical (unpaired) electrons. The molecule has 1 amide bonds. The smallest absolute Gasteiger partial charge is 0.254 e. The maximum atomic E-state index is 11.8. The van der Waals surface area contributed by atoms with Gasteiger partial charge in [-0.15, -0.1) is 0 Å². The van der Waals surface area contributed by atoms with Crippen LogP contribution in [0.15, 0.2) is 18.2 Å². The van der Waals surface area contributed by atoms with Crippen LogP contribution in [0.2, 0.25) is 0 Å². The molecule has 0 N–H and O–H groups in total. The average Bonchev–Trinajstić information content (AvgIpc) is 2.68. The number of carbonyl (C=O) groups is 1. The maximum Gasteiger partial charge on any atom is 0.254 e. The Morgan fingerprint density at radius 2 is 2.00 bits per heavy atom. The van der Waals surface area contributed by atoms with Crippen molar-refractivity contribution < 1.29 is 9.53 Å². The largest absolute Gasteiger partial charge is 0.492 e. The number of carbonyl (C=O) groups excluding carboxylic acids is 1. The minimum atomic E-state index is 0.0815. The standard InChI is InChI=1S/C13H18N2O2.C2H6/c1-14(2)6-7-17-11-5-4-10-9-15(3)13(16)12(10)8-11;1-2/h4-5,8H,6-7,9H2,1-3H3;1-2H3. The lowest BCUT2D eigenvalue weighted by molar-refractivity contribution is 0.0816. The molecule has 0 atom stereocenters. The first-order valence-corrected chi connectivity index (χ1v) is 6.74. The van der Waals surface area contributed by atoms with Gasteiger partial charge in [-0.3, -0.25) is 4.79 Å². The van der Waals surface area contributed by atoms with Crippen LogP contribution in [-0.4, -0.2) is 50.0 Å². The second kappa shape index (κ2) is 7.14. The second-order valence-corrected chi connectivity index (χ2v) is 4.63. The Morgan fingerprint density at radius 1 is 1.32 bits per heavy atom. The zero-order valence-electron chi connectivity index (χ0n) is 12.6. The highest BCUT2D eigenvalue weighted by Gasteiger charge is 2.24. The summed E-state index contributed by atoms with van der Waals surface area (Å²) in [5.41, 5.74) is 1.85. The van der Waals surface area contributed by atoms with E-state index < -0.39 is 0 Å². The van der Waals surface area contributed by atoms with Gasteiger partial charge in [0.2, 0.25) is 0 Å². The highest BCUT2D eigenvalue weighted by Crippen LogP contribution is 2.25. The lowest BCUT2D eigenvalue weighted by atomic mass is 10.1. The van der Waals surface area contributed by atoms with Gasteiger partial charge in [0, 0.05) is 25.7 Å². The van der Waals surface area contributed by atoms with Crippen LogP contribution in [0.3, 0.4) is 0 Å². The molecule has 2 rings (SSSR count). The van der Waals surface area contributed by atoms with Crippen molar-refractivity contribution in [1.29, 1.82) is 0 Å². The summed E-state index contributed by atoms with van der Waals surface area (Å²) in [6.45, 7) is 6.20. The molecule has 1 heterocycles. The first-order valence-electron chi connectivity index (χ1n) is 6.74. The van der Waals surface area contributed by atoms with Crippen LogP contribution in [0.4, 0.5) is 0 Å². The van der Waals surface area contributed by atoms with E-state index >= 15 is 0 Å². The highest BCUT2D eigenvalue weighted by molar-refractivity contribution is 5.98. The minimum absolute atomic E-state index is 0.0815. The van der Waals surface area contributed by atoms with E-state index in [1.807, 2.05) is 53.2 Å². The zero-order chi connectivity index (χ0) is 14.4. The first kappa shape index (κ1) is 15.5. The van der Waals surface area contributed by atoms with Crippen LogP contribution in [0.5, 0.6) is 5.75 Å². The molecule has 1 aromatic carbocycles. The van der Waals surface area contributed by atoms with Crippen LogP contribution < -0.4 is 4.74 Å². The molecule has 0 spiro atoms. The van der Waals surface area contributed by atoms with Gasteiger partial charge in [-0.1, -0.05) is 19.9 Å². The lowest BCUT2D eigenvalue weighted by Crippen LogP contribution is -2.19. The number of benzene rings is 1. The molecule has 0 saturated heterocycles. The van der Waals surface area contributed by atoms with E-state index in [4.69, 9.17) is 4.74 Å². The van der Waals surface area contributed by atoms with Crippen molar-refractivity contribution in [2.45, 2.75) is 20.4 Å². The Hall–Kier alpha value is -1.55. The number of rotatable bonds is 4. The Balaban J connectivity index is 0.000000861. The number of nitrogens with zero attached hydrogens (tertiary/aromatic N) is 2. The fraction of sp³-hybridized carbons (Fsp3) is 0.533. The van der Waals surface area contributed by atoms with E-state index in [2.05, 4.69) is 4.90 Å². The molecule has 106 valence electrons. The van der Waals surface area contributed by atoms with Gasteiger partial charge in [0.15, 0.2) is 0 Å². The SMILES string of the molecule is CC.CN(C)CCOc1ccc2c(c1)C(=O)N(C)C2. The fourth-order valence-electron chi connectivity index (χ4n) is 1.86. The quantitative estimate of drug-likeness (QED) is 0.836. The zero-order valence-corrected chi connectivity index (χ0v) is 12.6. The van der Waals surface area contributed by atoms with Crippen LogP contribution in [0, 0.1) is 0 Å². The number of hydrogen-bond acceptors (Lipinski definition) is 3. The van der Waals surface area contributed by atoms with Crippen molar-refractivity contribution in [1.82, 2.24) is 9.80 Å². The summed E-state index contributed by atoms with van der Waals surface area (Å²) < 4.78 is 5.61. The molecule has 4 heteroatoms. The number of ether oxygens (including phenoxy) is 1. The molecule has 1 aromatic rings. The molecule has 19 heavy (non-hydrogen) atoms. The predicted octanol–water partition coefficient (Wildman–Crippen LogP) is 2.24. The molecular weight excluding hydrogens is 240 g/mol. The molecule has 0 unspecified atom stereocenters. The third-order valence-corrected chi connectivity index (χ3v) is 2.87. The van der Waals surface area contributed by atoms with Gasteiger partial charge >= 0.3 is 0 Å². The Kier molecular flexibility index (Phi) is 5.83. The number of amides is 1. The summed E-state index contributed by atoms with van der Waals surface area (Å²) in [5.74, 6) is 0.854. The minimum Gasteiger partial charge on any atom is -0.492 e. The Labute approximate surface area is 116 Å². The summed E-state index contributed by atoms with van der Waals surface area (Å²) >= 11 is 0. The van der Waals surface area contributed by atoms with E-state index in [0.29, 0.717) is 13.2 Å². The molecule has 1 aliphatic heterocycles. The Morgan fingerprint density at radius 3 is 2.63 bits per heavy atom. The van der Waals surface area contributed by atoms with Crippen molar-refractivity contribution in [2.24, 2.45) is 0 Å². The van der Waals surface area contributed by atoms with Gasteiger partial charge in [0.25, 0.3) is 5.91 Å². The van der Waals surface area contributed by atoms with Crippen LogP contribution in [0.25, 0.3) is 0 Å². The second-order valence-electron chi connectivity index (χ2n) is 4.63. The highest BCUT2D eigenvalue weighted by atomic mass is 16.5. The van der Waals surface area contributed by atoms with E-state index in [1.54, 1.807) is 4.90 Å². The van der Waals surface area contributed by atoms with Crippen molar-refractivity contribution in [3.8, 4) is 5.75 Å². The van der Waals surface area contributed by atoms with Crippen LogP contribution >= 0.6 is 0 Å². The molecule has 0 fully saturated rings. The predicted molar refractivity (Wildman–Crippen MR) is 77.6 cm³/mol. The van der Waals surface area contributed by atoms with E-state index in [1.165, 1.54) is 0 Å². The molecule has 0 aromatic heterocycles. The molecule has 1 aliphatic rings. The molecular formula is C15H24N2O2. The van der Waals surface area contributed by atoms with Crippen LogP contribution in [-0.2, 0) is 6.54 Å². The van der Waals surface area contributed by atoms with Crippen molar-refractivity contribution in [3.05, 3.63) is 29.3 Å². The van der Waals surface area contributed by atoms with Gasteiger partial charge < -0.3 is 14.5 Å². The van der Waals surface area contributed by atoms with Crippen molar-refractivity contribution in [3.63, 3.8) is 0 Å². The summed E-state index contributed by atoms with van der Waals surface area (Å²) in [4.78, 5) is 15.6. The topological polar surface area (TPSA) is 32.8 Å².